The molecule has 1 aliphatic carbocycles. The monoisotopic (exact) mass is 323 g/mol. The molecule has 5 nitrogen and oxygen atoms in total. The van der Waals surface area contributed by atoms with E-state index in [9.17, 15) is 0 Å². The van der Waals surface area contributed by atoms with E-state index in [1.54, 1.807) is 0 Å². The van der Waals surface area contributed by atoms with Crippen LogP contribution in [-0.2, 0) is 6.42 Å². The van der Waals surface area contributed by atoms with Gasteiger partial charge in [-0.25, -0.2) is 4.98 Å². The van der Waals surface area contributed by atoms with Crippen molar-refractivity contribution < 1.29 is 0 Å². The first kappa shape index (κ1) is 15.4. The van der Waals surface area contributed by atoms with E-state index in [1.165, 1.54) is 11.1 Å². The van der Waals surface area contributed by atoms with Gasteiger partial charge in [0.1, 0.15) is 0 Å². The van der Waals surface area contributed by atoms with Crippen LogP contribution in [0.3, 0.4) is 0 Å². The molecule has 1 fully saturated rings. The summed E-state index contributed by atoms with van der Waals surface area (Å²) in [5.74, 6) is 1.02. The van der Waals surface area contributed by atoms with Crippen LogP contribution in [0.1, 0.15) is 18.5 Å². The summed E-state index contributed by atoms with van der Waals surface area (Å²) >= 11 is 0. The zero-order valence-corrected chi connectivity index (χ0v) is 14.7. The molecular formula is C19H25N5. The van der Waals surface area contributed by atoms with Gasteiger partial charge in [0.25, 0.3) is 0 Å². The number of allylic oxidation sites excluding steroid dienone is 2. The first-order chi connectivity index (χ1) is 11.7. The second kappa shape index (κ2) is 6.06. The molecule has 126 valence electrons. The van der Waals surface area contributed by atoms with Gasteiger partial charge in [-0.05, 0) is 31.2 Å². The summed E-state index contributed by atoms with van der Waals surface area (Å²) in [4.78, 5) is 14.4. The van der Waals surface area contributed by atoms with Crippen molar-refractivity contribution in [3.63, 3.8) is 0 Å². The first-order valence-corrected chi connectivity index (χ1v) is 8.81. The van der Waals surface area contributed by atoms with Crippen LogP contribution in [-0.4, -0.2) is 54.7 Å². The van der Waals surface area contributed by atoms with Crippen LogP contribution in [0.25, 0.3) is 11.0 Å². The van der Waals surface area contributed by atoms with Crippen LogP contribution < -0.4 is 10.4 Å². The summed E-state index contributed by atoms with van der Waals surface area (Å²) in [7, 11) is 4.06. The number of hydrogen-bond acceptors (Lipinski definition) is 4. The summed E-state index contributed by atoms with van der Waals surface area (Å²) in [6, 6.07) is 6.96. The number of piperazine rings is 1. The smallest absolute Gasteiger partial charge is 0.172 e. The Hall–Kier alpha value is -2.14. The zero-order valence-electron chi connectivity index (χ0n) is 14.7. The molecule has 1 aliphatic heterocycles. The molecule has 0 saturated carbocycles. The van der Waals surface area contributed by atoms with Crippen molar-refractivity contribution in [3.05, 3.63) is 41.4 Å². The average Bonchev–Trinajstić information content (AvgIpc) is 3.45. The maximum atomic E-state index is 5.01. The predicted molar refractivity (Wildman–Crippen MR) is 98.5 cm³/mol. The topological polar surface area (TPSA) is 36.7 Å². The van der Waals surface area contributed by atoms with Crippen LogP contribution in [0, 0.1) is 0 Å². The molecule has 0 atom stereocenters. The zero-order chi connectivity index (χ0) is 16.7. The fraction of sp³-hybridized carbons (Fsp3) is 0.474. The molecule has 4 rings (SSSR count). The quantitative estimate of drug-likeness (QED) is 0.811. The number of benzene rings is 1. The molecule has 0 spiro atoms. The predicted octanol–water partition coefficient (Wildman–Crippen LogP) is 1.99. The first-order valence-electron chi connectivity index (χ1n) is 8.81. The van der Waals surface area contributed by atoms with Crippen molar-refractivity contribution in [1.82, 2.24) is 14.5 Å². The number of nitrogens with zero attached hydrogens (tertiary/aromatic N) is 5. The molecule has 0 radical (unpaired) electrons. The molecule has 5 heteroatoms. The summed E-state index contributed by atoms with van der Waals surface area (Å²) in [5.41, 5.74) is 4.58. The Labute approximate surface area is 142 Å². The van der Waals surface area contributed by atoms with Gasteiger partial charge in [-0.3, -0.25) is 4.99 Å². The fourth-order valence-corrected chi connectivity index (χ4v) is 3.42. The summed E-state index contributed by atoms with van der Waals surface area (Å²) in [6.07, 6.45) is 5.48. The van der Waals surface area contributed by atoms with Gasteiger partial charge >= 0.3 is 0 Å². The SMILES string of the molecule is CCc1ccc2nc(N3CCN(C)CC3)c(=NC)n(C3C=C3)c2c1. The average molecular weight is 323 g/mol. The van der Waals surface area contributed by atoms with Gasteiger partial charge in [0.05, 0.1) is 17.1 Å². The summed E-state index contributed by atoms with van der Waals surface area (Å²) < 4.78 is 2.34. The van der Waals surface area contributed by atoms with Crippen molar-refractivity contribution in [1.29, 1.82) is 0 Å². The number of anilines is 1. The van der Waals surface area contributed by atoms with Crippen LogP contribution in [0.4, 0.5) is 5.82 Å². The normalized spacial score (nSPS) is 19.5. The van der Waals surface area contributed by atoms with Crippen molar-refractivity contribution in [2.75, 3.05) is 45.2 Å². The van der Waals surface area contributed by atoms with Crippen molar-refractivity contribution in [2.45, 2.75) is 19.4 Å². The molecule has 2 heterocycles. The molecule has 1 aromatic heterocycles. The Bertz CT molecular complexity index is 850. The van der Waals surface area contributed by atoms with Crippen molar-refractivity contribution in [3.8, 4) is 0 Å². The molecule has 0 unspecified atom stereocenters. The third-order valence-electron chi connectivity index (χ3n) is 5.04. The molecule has 0 bridgehead atoms. The highest BCUT2D eigenvalue weighted by molar-refractivity contribution is 5.78. The van der Waals surface area contributed by atoms with Gasteiger partial charge in [0.15, 0.2) is 11.3 Å². The highest BCUT2D eigenvalue weighted by Crippen LogP contribution is 2.27. The minimum absolute atomic E-state index is 0.340. The van der Waals surface area contributed by atoms with Gasteiger partial charge in [-0.15, -0.1) is 0 Å². The van der Waals surface area contributed by atoms with Gasteiger partial charge in [-0.2, -0.15) is 0 Å². The Balaban J connectivity index is 1.91. The minimum atomic E-state index is 0.340. The number of aromatic nitrogens is 2. The molecule has 0 amide bonds. The lowest BCUT2D eigenvalue weighted by atomic mass is 10.1. The summed E-state index contributed by atoms with van der Waals surface area (Å²) in [5, 5.41) is 0. The van der Waals surface area contributed by atoms with Crippen molar-refractivity contribution >= 4 is 16.9 Å². The third-order valence-corrected chi connectivity index (χ3v) is 5.04. The van der Waals surface area contributed by atoms with Gasteiger partial charge in [0, 0.05) is 33.2 Å². The lowest BCUT2D eigenvalue weighted by Gasteiger charge is -2.33. The van der Waals surface area contributed by atoms with E-state index in [1.807, 2.05) is 7.05 Å². The van der Waals surface area contributed by atoms with E-state index in [4.69, 9.17) is 4.98 Å². The Morgan fingerprint density at radius 3 is 2.54 bits per heavy atom. The van der Waals surface area contributed by atoms with Crippen LogP contribution in [0.5, 0.6) is 0 Å². The fourth-order valence-electron chi connectivity index (χ4n) is 3.42. The highest BCUT2D eigenvalue weighted by atomic mass is 15.3. The van der Waals surface area contributed by atoms with E-state index in [-0.39, 0.29) is 0 Å². The van der Waals surface area contributed by atoms with E-state index in [0.29, 0.717) is 6.04 Å². The lowest BCUT2D eigenvalue weighted by Crippen LogP contribution is -2.47. The summed E-state index contributed by atoms with van der Waals surface area (Å²) in [6.45, 7) is 6.34. The maximum absolute atomic E-state index is 5.01. The molecule has 24 heavy (non-hydrogen) atoms. The largest absolute Gasteiger partial charge is 0.351 e. The molecule has 2 aromatic rings. The van der Waals surface area contributed by atoms with E-state index in [0.717, 1.165) is 49.4 Å². The van der Waals surface area contributed by atoms with E-state index >= 15 is 0 Å². The molecule has 1 aromatic carbocycles. The van der Waals surface area contributed by atoms with E-state index in [2.05, 4.69) is 63.7 Å². The van der Waals surface area contributed by atoms with Gasteiger partial charge in [-0.1, -0.05) is 25.1 Å². The third kappa shape index (κ3) is 2.63. The Morgan fingerprint density at radius 2 is 1.92 bits per heavy atom. The van der Waals surface area contributed by atoms with Crippen molar-refractivity contribution in [2.24, 2.45) is 4.99 Å². The number of hydrogen-bond donors (Lipinski definition) is 0. The maximum Gasteiger partial charge on any atom is 0.172 e. The molecular weight excluding hydrogens is 298 g/mol. The molecule has 0 N–H and O–H groups in total. The molecule has 2 aliphatic rings. The molecule has 1 saturated heterocycles. The van der Waals surface area contributed by atoms with Crippen LogP contribution in [0.15, 0.2) is 35.3 Å². The standard InChI is InChI=1S/C19H25N5/c1-4-14-5-8-16-17(13-14)24(15-6-7-15)18(20-2)19(21-16)23-11-9-22(3)10-12-23/h5-8,13,15H,4,9-12H2,1-3H3. The minimum Gasteiger partial charge on any atom is -0.351 e. The Morgan fingerprint density at radius 1 is 1.17 bits per heavy atom. The van der Waals surface area contributed by atoms with Gasteiger partial charge in [0.2, 0.25) is 0 Å². The second-order valence-corrected chi connectivity index (χ2v) is 6.70. The Kier molecular flexibility index (Phi) is 3.88. The number of fused-ring (bicyclic) bond motifs is 1. The van der Waals surface area contributed by atoms with Crippen LogP contribution >= 0.6 is 0 Å². The van der Waals surface area contributed by atoms with Crippen LogP contribution in [0.2, 0.25) is 0 Å². The highest BCUT2D eigenvalue weighted by Gasteiger charge is 2.23. The number of likely N-dealkylation sites (N-methyl/N-ethyl adjacent to an activating group) is 1. The second-order valence-electron chi connectivity index (χ2n) is 6.70. The lowest BCUT2D eigenvalue weighted by molar-refractivity contribution is 0.311. The van der Waals surface area contributed by atoms with E-state index < -0.39 is 0 Å². The number of rotatable bonds is 3. The number of aryl methyl sites for hydroxylation is 1. The van der Waals surface area contributed by atoms with Gasteiger partial charge < -0.3 is 14.4 Å².